The van der Waals surface area contributed by atoms with E-state index in [0.717, 1.165) is 36.9 Å². The van der Waals surface area contributed by atoms with E-state index in [9.17, 15) is 13.2 Å². The zero-order valence-corrected chi connectivity index (χ0v) is 13.9. The third-order valence-electron chi connectivity index (χ3n) is 4.04. The summed E-state index contributed by atoms with van der Waals surface area (Å²) >= 11 is 0. The van der Waals surface area contributed by atoms with E-state index in [2.05, 4.69) is 15.5 Å². The van der Waals surface area contributed by atoms with E-state index in [0.29, 0.717) is 19.5 Å². The molecule has 1 saturated heterocycles. The van der Waals surface area contributed by atoms with Gasteiger partial charge in [-0.2, -0.15) is 9.40 Å². The molecule has 1 fully saturated rings. The molecule has 1 atom stereocenters. The van der Waals surface area contributed by atoms with Crippen molar-refractivity contribution >= 4 is 15.9 Å². The molecule has 124 valence electrons. The summed E-state index contributed by atoms with van der Waals surface area (Å²) in [7, 11) is -3.33. The van der Waals surface area contributed by atoms with Crippen LogP contribution in [0.1, 0.15) is 36.9 Å². The highest BCUT2D eigenvalue weighted by atomic mass is 32.2. The monoisotopic (exact) mass is 328 g/mol. The van der Waals surface area contributed by atoms with Crippen molar-refractivity contribution < 1.29 is 13.2 Å². The van der Waals surface area contributed by atoms with Crippen molar-refractivity contribution in [1.29, 1.82) is 0 Å². The highest BCUT2D eigenvalue weighted by Crippen LogP contribution is 2.19. The van der Waals surface area contributed by atoms with Gasteiger partial charge >= 0.3 is 0 Å². The van der Waals surface area contributed by atoms with Gasteiger partial charge in [0, 0.05) is 18.8 Å². The number of sulfonamides is 1. The molecule has 2 N–H and O–H groups in total. The number of aromatic amines is 1. The summed E-state index contributed by atoms with van der Waals surface area (Å²) in [5.41, 5.74) is 2.19. The van der Waals surface area contributed by atoms with E-state index in [-0.39, 0.29) is 5.91 Å². The summed E-state index contributed by atoms with van der Waals surface area (Å²) in [6, 6.07) is -0.556. The Morgan fingerprint density at radius 3 is 2.91 bits per heavy atom. The molecule has 1 aromatic rings. The van der Waals surface area contributed by atoms with Crippen LogP contribution in [0.2, 0.25) is 0 Å². The predicted molar refractivity (Wildman–Crippen MR) is 83.8 cm³/mol. The lowest BCUT2D eigenvalue weighted by Crippen LogP contribution is -2.51. The van der Waals surface area contributed by atoms with Gasteiger partial charge < -0.3 is 5.32 Å². The zero-order chi connectivity index (χ0) is 16.2. The summed E-state index contributed by atoms with van der Waals surface area (Å²) in [5, 5.41) is 9.70. The van der Waals surface area contributed by atoms with Crippen molar-refractivity contribution in [2.75, 3.05) is 19.3 Å². The first kappa shape index (κ1) is 17.0. The number of H-pyrrole nitrogens is 1. The fourth-order valence-electron chi connectivity index (χ4n) is 2.80. The van der Waals surface area contributed by atoms with E-state index in [4.69, 9.17) is 0 Å². The van der Waals surface area contributed by atoms with Crippen LogP contribution in [0, 0.1) is 6.92 Å². The number of aromatic nitrogens is 2. The first-order chi connectivity index (χ1) is 10.4. The van der Waals surface area contributed by atoms with Crippen molar-refractivity contribution in [3.63, 3.8) is 0 Å². The Morgan fingerprint density at radius 1 is 1.50 bits per heavy atom. The van der Waals surface area contributed by atoms with Crippen LogP contribution < -0.4 is 5.32 Å². The van der Waals surface area contributed by atoms with Crippen molar-refractivity contribution in [3.05, 3.63) is 17.5 Å². The molecule has 2 rings (SSSR count). The summed E-state index contributed by atoms with van der Waals surface area (Å²) in [4.78, 5) is 12.2. The number of nitrogens with zero attached hydrogens (tertiary/aromatic N) is 2. The standard InChI is InChI=1S/C14H24N4O3S/c1-11-12(10-16-17-11)6-5-8-15-14(19)13-7-3-4-9-18(13)22(2,20)21/h10,13H,3-9H2,1-2H3,(H,15,19)(H,16,17). The van der Waals surface area contributed by atoms with Gasteiger partial charge in [-0.05, 0) is 38.2 Å². The molecule has 0 aliphatic carbocycles. The molecule has 1 aliphatic rings. The summed E-state index contributed by atoms with van der Waals surface area (Å²) in [6.07, 6.45) is 6.90. The Labute approximate surface area is 131 Å². The number of carbonyl (C=O) groups is 1. The minimum Gasteiger partial charge on any atom is -0.355 e. The Balaban J connectivity index is 1.82. The average Bonchev–Trinajstić information content (AvgIpc) is 2.88. The normalized spacial score (nSPS) is 20.0. The maximum atomic E-state index is 12.2. The molecule has 7 nitrogen and oxygen atoms in total. The molecule has 0 saturated carbocycles. The largest absolute Gasteiger partial charge is 0.355 e. The lowest BCUT2D eigenvalue weighted by Gasteiger charge is -2.32. The molecule has 1 aliphatic heterocycles. The second-order valence-corrected chi connectivity index (χ2v) is 7.74. The zero-order valence-electron chi connectivity index (χ0n) is 13.1. The summed E-state index contributed by atoms with van der Waals surface area (Å²) in [6.45, 7) is 2.94. The highest BCUT2D eigenvalue weighted by Gasteiger charge is 2.34. The van der Waals surface area contributed by atoms with Crippen LogP contribution in [0.5, 0.6) is 0 Å². The summed E-state index contributed by atoms with van der Waals surface area (Å²) < 4.78 is 24.8. The van der Waals surface area contributed by atoms with E-state index in [1.807, 2.05) is 6.92 Å². The molecule has 1 unspecified atom stereocenters. The van der Waals surface area contributed by atoms with Crippen LogP contribution in [0.3, 0.4) is 0 Å². The van der Waals surface area contributed by atoms with Gasteiger partial charge in [-0.1, -0.05) is 6.42 Å². The van der Waals surface area contributed by atoms with Crippen LogP contribution in [-0.4, -0.2) is 54.2 Å². The summed E-state index contributed by atoms with van der Waals surface area (Å²) in [5.74, 6) is -0.186. The first-order valence-electron chi connectivity index (χ1n) is 7.63. The second-order valence-electron chi connectivity index (χ2n) is 5.80. The molecular formula is C14H24N4O3S. The minimum atomic E-state index is -3.33. The Bertz CT molecular complexity index is 611. The Kier molecular flexibility index (Phi) is 5.57. The van der Waals surface area contributed by atoms with Crippen LogP contribution in [0.4, 0.5) is 0 Å². The molecule has 0 aromatic carbocycles. The lowest BCUT2D eigenvalue weighted by atomic mass is 10.0. The van der Waals surface area contributed by atoms with Crippen molar-refractivity contribution in [2.24, 2.45) is 0 Å². The number of carbonyl (C=O) groups excluding carboxylic acids is 1. The number of aryl methyl sites for hydroxylation is 2. The van der Waals surface area contributed by atoms with Crippen molar-refractivity contribution in [1.82, 2.24) is 19.8 Å². The van der Waals surface area contributed by atoms with Gasteiger partial charge in [0.15, 0.2) is 0 Å². The number of piperidine rings is 1. The molecule has 2 heterocycles. The van der Waals surface area contributed by atoms with Gasteiger partial charge in [-0.15, -0.1) is 0 Å². The maximum Gasteiger partial charge on any atom is 0.238 e. The van der Waals surface area contributed by atoms with Crippen LogP contribution in [-0.2, 0) is 21.2 Å². The quantitative estimate of drug-likeness (QED) is 0.747. The Hall–Kier alpha value is -1.41. The minimum absolute atomic E-state index is 0.186. The molecule has 1 aromatic heterocycles. The third-order valence-corrected chi connectivity index (χ3v) is 5.33. The topological polar surface area (TPSA) is 95.2 Å². The Morgan fingerprint density at radius 2 is 2.27 bits per heavy atom. The number of nitrogens with one attached hydrogen (secondary N) is 2. The molecule has 22 heavy (non-hydrogen) atoms. The van der Waals surface area contributed by atoms with Crippen LogP contribution in [0.25, 0.3) is 0 Å². The number of hydrogen-bond donors (Lipinski definition) is 2. The van der Waals surface area contributed by atoms with Crippen molar-refractivity contribution in [3.8, 4) is 0 Å². The van der Waals surface area contributed by atoms with Gasteiger partial charge in [-0.25, -0.2) is 8.42 Å². The van der Waals surface area contributed by atoms with Gasteiger partial charge in [0.1, 0.15) is 6.04 Å². The van der Waals surface area contributed by atoms with E-state index in [1.165, 1.54) is 10.6 Å². The van der Waals surface area contributed by atoms with E-state index >= 15 is 0 Å². The van der Waals surface area contributed by atoms with Gasteiger partial charge in [0.2, 0.25) is 15.9 Å². The molecule has 0 spiro atoms. The third kappa shape index (κ3) is 4.30. The lowest BCUT2D eigenvalue weighted by molar-refractivity contribution is -0.125. The fraction of sp³-hybridized carbons (Fsp3) is 0.714. The average molecular weight is 328 g/mol. The van der Waals surface area contributed by atoms with Crippen LogP contribution >= 0.6 is 0 Å². The number of amides is 1. The molecule has 8 heteroatoms. The van der Waals surface area contributed by atoms with Crippen molar-refractivity contribution in [2.45, 2.75) is 45.1 Å². The molecule has 1 amide bonds. The predicted octanol–water partition coefficient (Wildman–Crippen LogP) is 0.581. The molecule has 0 radical (unpaired) electrons. The SMILES string of the molecule is Cc1[nH]ncc1CCCNC(=O)C1CCCCN1S(C)(=O)=O. The second kappa shape index (κ2) is 7.23. The number of rotatable bonds is 6. The highest BCUT2D eigenvalue weighted by molar-refractivity contribution is 7.88. The van der Waals surface area contributed by atoms with E-state index < -0.39 is 16.1 Å². The number of hydrogen-bond acceptors (Lipinski definition) is 4. The van der Waals surface area contributed by atoms with Gasteiger partial charge in [-0.3, -0.25) is 9.89 Å². The van der Waals surface area contributed by atoms with Crippen LogP contribution in [0.15, 0.2) is 6.20 Å². The molecule has 0 bridgehead atoms. The first-order valence-corrected chi connectivity index (χ1v) is 9.48. The van der Waals surface area contributed by atoms with Gasteiger partial charge in [0.25, 0.3) is 0 Å². The maximum absolute atomic E-state index is 12.2. The van der Waals surface area contributed by atoms with Gasteiger partial charge in [0.05, 0.1) is 12.5 Å². The van der Waals surface area contributed by atoms with E-state index in [1.54, 1.807) is 6.20 Å². The smallest absolute Gasteiger partial charge is 0.238 e. The molecular weight excluding hydrogens is 304 g/mol. The fourth-order valence-corrected chi connectivity index (χ4v) is 3.92.